The van der Waals surface area contributed by atoms with Gasteiger partial charge in [0.2, 0.25) is 0 Å². The van der Waals surface area contributed by atoms with E-state index in [4.69, 9.17) is 13.8 Å². The maximum atomic E-state index is 6.26. The van der Waals surface area contributed by atoms with Crippen LogP contribution in [0.15, 0.2) is 143 Å². The quantitative estimate of drug-likeness (QED) is 0.230. The second kappa shape index (κ2) is 8.44. The molecule has 41 heavy (non-hydrogen) atoms. The van der Waals surface area contributed by atoms with Gasteiger partial charge in [-0.2, -0.15) is 0 Å². The first kappa shape index (κ1) is 22.2. The lowest BCUT2D eigenvalue weighted by atomic mass is 9.98. The molecule has 4 heterocycles. The van der Waals surface area contributed by atoms with Crippen LogP contribution in [0.3, 0.4) is 0 Å². The molecule has 5 aromatic carbocycles. The molecule has 4 heteroatoms. The van der Waals surface area contributed by atoms with E-state index in [2.05, 4.69) is 91.1 Å². The predicted molar refractivity (Wildman–Crippen MR) is 166 cm³/mol. The first-order chi connectivity index (χ1) is 20.3. The largest absolute Gasteiger partial charge is 0.456 e. The van der Waals surface area contributed by atoms with Gasteiger partial charge in [-0.3, -0.25) is 0 Å². The van der Waals surface area contributed by atoms with Gasteiger partial charge in [0.1, 0.15) is 28.0 Å². The summed E-state index contributed by atoms with van der Waals surface area (Å²) >= 11 is 0. The number of aromatic nitrogens is 2. The molecule has 0 N–H and O–H groups in total. The van der Waals surface area contributed by atoms with E-state index in [9.17, 15) is 0 Å². The SMILES string of the molecule is c1ccc2c(c1)oc1cc3c(cc12)oc1ccc(-c2ccc(-c4ccc(-c5cn6ccccc6n5)cc4)cc2)cc13. The maximum Gasteiger partial charge on any atom is 0.137 e. The van der Waals surface area contributed by atoms with Crippen LogP contribution in [0.5, 0.6) is 0 Å². The first-order valence-corrected chi connectivity index (χ1v) is 13.7. The van der Waals surface area contributed by atoms with E-state index in [0.29, 0.717) is 0 Å². The van der Waals surface area contributed by atoms with Gasteiger partial charge in [-0.15, -0.1) is 0 Å². The molecule has 9 rings (SSSR count). The van der Waals surface area contributed by atoms with Crippen molar-refractivity contribution in [1.29, 1.82) is 0 Å². The van der Waals surface area contributed by atoms with Crippen LogP contribution in [0.1, 0.15) is 0 Å². The third kappa shape index (κ3) is 3.51. The van der Waals surface area contributed by atoms with Crippen molar-refractivity contribution in [2.45, 2.75) is 0 Å². The van der Waals surface area contributed by atoms with Crippen molar-refractivity contribution >= 4 is 49.5 Å². The Balaban J connectivity index is 1.05. The Morgan fingerprint density at radius 1 is 0.439 bits per heavy atom. The highest BCUT2D eigenvalue weighted by atomic mass is 16.3. The van der Waals surface area contributed by atoms with Crippen molar-refractivity contribution in [3.8, 4) is 33.5 Å². The number of benzene rings is 5. The standard InChI is InChI=1S/C37H22N2O2/c1-2-6-33-28(5-1)30-20-36-31(21-35(30)40-33)29-19-27(16-17-34(29)41-36)25-10-8-23(9-11-25)24-12-14-26(15-13-24)32-22-39-18-4-3-7-37(39)38-32/h1-22H. The van der Waals surface area contributed by atoms with E-state index in [1.54, 1.807) is 0 Å². The fourth-order valence-corrected chi connectivity index (χ4v) is 5.94. The summed E-state index contributed by atoms with van der Waals surface area (Å²) in [6.45, 7) is 0. The number of furan rings is 2. The Hall–Kier alpha value is -5.61. The van der Waals surface area contributed by atoms with E-state index in [0.717, 1.165) is 71.9 Å². The zero-order valence-electron chi connectivity index (χ0n) is 21.9. The van der Waals surface area contributed by atoms with Crippen LogP contribution in [-0.2, 0) is 0 Å². The molecular weight excluding hydrogens is 504 g/mol. The molecule has 0 saturated heterocycles. The monoisotopic (exact) mass is 526 g/mol. The lowest BCUT2D eigenvalue weighted by molar-refractivity contribution is 0.664. The molecule has 0 aliphatic rings. The Kier molecular flexibility index (Phi) is 4.58. The fraction of sp³-hybridized carbons (Fsp3) is 0. The number of rotatable bonds is 3. The fourth-order valence-electron chi connectivity index (χ4n) is 5.94. The van der Waals surface area contributed by atoms with Crippen LogP contribution in [-0.4, -0.2) is 9.38 Å². The third-order valence-electron chi connectivity index (χ3n) is 8.06. The Bertz CT molecular complexity index is 2370. The molecule has 0 saturated carbocycles. The van der Waals surface area contributed by atoms with Crippen LogP contribution in [0.25, 0.3) is 83.0 Å². The summed E-state index contributed by atoms with van der Waals surface area (Å²) in [5, 5.41) is 4.34. The van der Waals surface area contributed by atoms with Gasteiger partial charge in [0, 0.05) is 39.5 Å². The summed E-state index contributed by atoms with van der Waals surface area (Å²) in [4.78, 5) is 4.74. The van der Waals surface area contributed by atoms with Crippen molar-refractivity contribution in [3.63, 3.8) is 0 Å². The molecule has 0 bridgehead atoms. The average Bonchev–Trinajstić information content (AvgIpc) is 3.73. The molecular formula is C37H22N2O2. The molecule has 0 radical (unpaired) electrons. The van der Waals surface area contributed by atoms with Crippen LogP contribution in [0, 0.1) is 0 Å². The minimum atomic E-state index is 0.874. The summed E-state index contributed by atoms with van der Waals surface area (Å²) in [6.07, 6.45) is 4.09. The number of imidazole rings is 1. The van der Waals surface area contributed by atoms with Crippen LogP contribution < -0.4 is 0 Å². The minimum absolute atomic E-state index is 0.874. The van der Waals surface area contributed by atoms with Crippen molar-refractivity contribution < 1.29 is 8.83 Å². The van der Waals surface area contributed by atoms with Gasteiger partial charge in [-0.1, -0.05) is 78.9 Å². The predicted octanol–water partition coefficient (Wildman–Crippen LogP) is 10.1. The summed E-state index contributed by atoms with van der Waals surface area (Å²) in [6, 6.07) is 42.2. The van der Waals surface area contributed by atoms with Gasteiger partial charge in [-0.05, 0) is 64.7 Å². The van der Waals surface area contributed by atoms with E-state index < -0.39 is 0 Å². The minimum Gasteiger partial charge on any atom is -0.456 e. The number of hydrogen-bond donors (Lipinski definition) is 0. The Labute approximate surface area is 234 Å². The smallest absolute Gasteiger partial charge is 0.137 e. The molecule has 9 aromatic rings. The molecule has 0 fully saturated rings. The van der Waals surface area contributed by atoms with Crippen LogP contribution >= 0.6 is 0 Å². The van der Waals surface area contributed by atoms with Gasteiger partial charge in [0.25, 0.3) is 0 Å². The Morgan fingerprint density at radius 3 is 1.73 bits per heavy atom. The molecule has 4 nitrogen and oxygen atoms in total. The maximum absolute atomic E-state index is 6.26. The normalized spacial score (nSPS) is 11.9. The molecule has 0 aliphatic carbocycles. The highest BCUT2D eigenvalue weighted by Crippen LogP contribution is 2.38. The molecule has 0 unspecified atom stereocenters. The summed E-state index contributed by atoms with van der Waals surface area (Å²) in [7, 11) is 0. The lowest BCUT2D eigenvalue weighted by Gasteiger charge is -2.06. The van der Waals surface area contributed by atoms with Crippen molar-refractivity contribution in [3.05, 3.63) is 134 Å². The molecule has 192 valence electrons. The highest BCUT2D eigenvalue weighted by molar-refractivity contribution is 6.15. The third-order valence-corrected chi connectivity index (χ3v) is 8.06. The number of para-hydroxylation sites is 1. The summed E-state index contributed by atoms with van der Waals surface area (Å²) in [5.41, 5.74) is 11.2. The second-order valence-electron chi connectivity index (χ2n) is 10.5. The number of nitrogens with zero attached hydrogens (tertiary/aromatic N) is 2. The molecule has 0 aliphatic heterocycles. The topological polar surface area (TPSA) is 43.6 Å². The lowest BCUT2D eigenvalue weighted by Crippen LogP contribution is -1.82. The molecule has 0 spiro atoms. The van der Waals surface area contributed by atoms with Gasteiger partial charge in [0.15, 0.2) is 0 Å². The van der Waals surface area contributed by atoms with E-state index in [1.807, 2.05) is 47.0 Å². The van der Waals surface area contributed by atoms with Crippen molar-refractivity contribution in [2.75, 3.05) is 0 Å². The summed E-state index contributed by atoms with van der Waals surface area (Å²) < 4.78 is 14.5. The number of fused-ring (bicyclic) bond motifs is 7. The zero-order valence-corrected chi connectivity index (χ0v) is 21.9. The van der Waals surface area contributed by atoms with Crippen LogP contribution in [0.4, 0.5) is 0 Å². The Morgan fingerprint density at radius 2 is 1.00 bits per heavy atom. The van der Waals surface area contributed by atoms with Crippen LogP contribution in [0.2, 0.25) is 0 Å². The highest BCUT2D eigenvalue weighted by Gasteiger charge is 2.14. The molecule has 0 atom stereocenters. The second-order valence-corrected chi connectivity index (χ2v) is 10.5. The van der Waals surface area contributed by atoms with Crippen molar-refractivity contribution in [2.24, 2.45) is 0 Å². The number of pyridine rings is 1. The van der Waals surface area contributed by atoms with Gasteiger partial charge >= 0.3 is 0 Å². The van der Waals surface area contributed by atoms with E-state index >= 15 is 0 Å². The number of hydrogen-bond acceptors (Lipinski definition) is 3. The van der Waals surface area contributed by atoms with Gasteiger partial charge in [-0.25, -0.2) is 4.98 Å². The zero-order chi connectivity index (χ0) is 26.9. The van der Waals surface area contributed by atoms with E-state index in [-0.39, 0.29) is 0 Å². The van der Waals surface area contributed by atoms with Gasteiger partial charge < -0.3 is 13.2 Å². The van der Waals surface area contributed by atoms with Gasteiger partial charge in [0.05, 0.1) is 5.69 Å². The molecule has 4 aromatic heterocycles. The van der Waals surface area contributed by atoms with E-state index in [1.165, 1.54) is 11.1 Å². The average molecular weight is 527 g/mol. The molecule has 0 amide bonds. The first-order valence-electron chi connectivity index (χ1n) is 13.7. The summed E-state index contributed by atoms with van der Waals surface area (Å²) in [5.74, 6) is 0. The van der Waals surface area contributed by atoms with Crippen molar-refractivity contribution in [1.82, 2.24) is 9.38 Å².